The fourth-order valence-corrected chi connectivity index (χ4v) is 1.56. The highest BCUT2D eigenvalue weighted by Gasteiger charge is 2.31. The number of anilines is 1. The van der Waals surface area contributed by atoms with Crippen LogP contribution in [0.4, 0.5) is 5.82 Å². The number of carbonyl (C=O) groups excluding carboxylic acids is 2. The molecule has 0 bridgehead atoms. The summed E-state index contributed by atoms with van der Waals surface area (Å²) in [7, 11) is 0. The Kier molecular flexibility index (Phi) is 1.56. The Morgan fingerprint density at radius 1 is 1.33 bits per heavy atom. The highest BCUT2D eigenvalue weighted by Crippen LogP contribution is 2.22. The quantitative estimate of drug-likeness (QED) is 0.417. The van der Waals surface area contributed by atoms with Crippen molar-refractivity contribution in [3.05, 3.63) is 15.6 Å². The summed E-state index contributed by atoms with van der Waals surface area (Å²) in [5.41, 5.74) is 0.281. The molecule has 6 heteroatoms. The van der Waals surface area contributed by atoms with Crippen LogP contribution in [-0.4, -0.2) is 21.7 Å². The molecule has 0 unspecified atom stereocenters. The van der Waals surface area contributed by atoms with Crippen molar-refractivity contribution in [3.8, 4) is 0 Å². The van der Waals surface area contributed by atoms with Gasteiger partial charge in [0.25, 0.3) is 11.7 Å². The minimum absolute atomic E-state index is 0.281. The van der Waals surface area contributed by atoms with E-state index in [4.69, 9.17) is 0 Å². The van der Waals surface area contributed by atoms with Crippen LogP contribution in [0.3, 0.4) is 0 Å². The maximum Gasteiger partial charge on any atom is 0.298 e. The molecule has 0 spiro atoms. The highest BCUT2D eigenvalue weighted by atomic mass is 127. The Hall–Kier alpha value is -1.05. The zero-order valence-electron chi connectivity index (χ0n) is 5.67. The number of Topliss-reactive ketones (excluding diaryl/α,β-unsaturated/α-hetero) is 1. The summed E-state index contributed by atoms with van der Waals surface area (Å²) in [6.07, 6.45) is 1.31. The Balaban J connectivity index is 2.70. The van der Waals surface area contributed by atoms with Crippen LogP contribution in [0.1, 0.15) is 10.4 Å². The smallest absolute Gasteiger partial charge is 0.298 e. The summed E-state index contributed by atoms with van der Waals surface area (Å²) in [4.78, 5) is 29.5. The van der Waals surface area contributed by atoms with Crippen LogP contribution < -0.4 is 5.32 Å². The molecule has 0 radical (unpaired) electrons. The average molecular weight is 275 g/mol. The summed E-state index contributed by atoms with van der Waals surface area (Å²) in [5.74, 6) is -0.886. The third-order valence-electron chi connectivity index (χ3n) is 1.47. The van der Waals surface area contributed by atoms with Crippen LogP contribution in [-0.2, 0) is 4.79 Å². The Morgan fingerprint density at radius 2 is 2.08 bits per heavy atom. The second kappa shape index (κ2) is 2.47. The van der Waals surface area contributed by atoms with E-state index >= 15 is 0 Å². The normalized spacial score (nSPS) is 14.4. The first-order valence-corrected chi connectivity index (χ1v) is 4.14. The van der Waals surface area contributed by atoms with Crippen molar-refractivity contribution < 1.29 is 9.59 Å². The van der Waals surface area contributed by atoms with Gasteiger partial charge in [0.1, 0.15) is 21.4 Å². The predicted octanol–water partition coefficient (Wildman–Crippen LogP) is 0.216. The van der Waals surface area contributed by atoms with E-state index in [1.54, 1.807) is 0 Å². The third-order valence-corrected chi connectivity index (χ3v) is 2.28. The fourth-order valence-electron chi connectivity index (χ4n) is 0.938. The van der Waals surface area contributed by atoms with Gasteiger partial charge in [-0.2, -0.15) is 0 Å². The molecule has 0 aromatic carbocycles. The molecular weight excluding hydrogens is 273 g/mol. The van der Waals surface area contributed by atoms with Gasteiger partial charge in [0.2, 0.25) is 0 Å². The molecule has 0 fully saturated rings. The number of rotatable bonds is 0. The van der Waals surface area contributed by atoms with Crippen LogP contribution in [0.15, 0.2) is 6.33 Å². The van der Waals surface area contributed by atoms with Crippen molar-refractivity contribution in [2.75, 3.05) is 5.32 Å². The molecule has 1 amide bonds. The summed E-state index contributed by atoms with van der Waals surface area (Å²) < 4.78 is 0.501. The van der Waals surface area contributed by atoms with Crippen molar-refractivity contribution in [3.63, 3.8) is 0 Å². The van der Waals surface area contributed by atoms with E-state index in [1.807, 2.05) is 22.6 Å². The van der Waals surface area contributed by atoms with Gasteiger partial charge in [-0.1, -0.05) is 0 Å². The van der Waals surface area contributed by atoms with Crippen molar-refractivity contribution >= 4 is 40.1 Å². The molecule has 1 aromatic heterocycles. The summed E-state index contributed by atoms with van der Waals surface area (Å²) in [5, 5.41) is 2.34. The molecule has 2 rings (SSSR count). The van der Waals surface area contributed by atoms with E-state index in [9.17, 15) is 9.59 Å². The molecule has 2 heterocycles. The number of nitrogens with zero attached hydrogens (tertiary/aromatic N) is 2. The molecule has 60 valence electrons. The van der Waals surface area contributed by atoms with Crippen molar-refractivity contribution in [1.82, 2.24) is 9.97 Å². The Morgan fingerprint density at radius 3 is 2.75 bits per heavy atom. The van der Waals surface area contributed by atoms with Gasteiger partial charge in [0.05, 0.1) is 0 Å². The van der Waals surface area contributed by atoms with Gasteiger partial charge >= 0.3 is 0 Å². The summed E-state index contributed by atoms with van der Waals surface area (Å²) in [6.45, 7) is 0. The molecular formula is C6H2IN3O2. The Bertz CT molecular complexity index is 390. The fraction of sp³-hybridized carbons (Fsp3) is 0. The maximum atomic E-state index is 11.1. The molecule has 1 aliphatic heterocycles. The standard InChI is InChI=1S/C6H2IN3O2/c7-4-2-3(11)6(12)10-5(2)9-1-8-4/h1H,(H,8,9,10,11,12). The number of hydrogen-bond acceptors (Lipinski definition) is 4. The number of ketones is 1. The van der Waals surface area contributed by atoms with Crippen molar-refractivity contribution in [2.24, 2.45) is 0 Å². The molecule has 0 atom stereocenters. The lowest BCUT2D eigenvalue weighted by Crippen LogP contribution is -2.13. The molecule has 0 aliphatic carbocycles. The number of fused-ring (bicyclic) bond motifs is 1. The Labute approximate surface area is 80.7 Å². The zero-order valence-corrected chi connectivity index (χ0v) is 7.82. The highest BCUT2D eigenvalue weighted by molar-refractivity contribution is 14.1. The van der Waals surface area contributed by atoms with E-state index < -0.39 is 11.7 Å². The molecule has 0 saturated heterocycles. The second-order valence-electron chi connectivity index (χ2n) is 2.17. The first-order valence-electron chi connectivity index (χ1n) is 3.06. The van der Waals surface area contributed by atoms with Gasteiger partial charge in [-0.25, -0.2) is 9.97 Å². The molecule has 1 N–H and O–H groups in total. The van der Waals surface area contributed by atoms with E-state index in [0.717, 1.165) is 0 Å². The van der Waals surface area contributed by atoms with Gasteiger partial charge in [-0.05, 0) is 22.6 Å². The van der Waals surface area contributed by atoms with Gasteiger partial charge in [-0.15, -0.1) is 0 Å². The largest absolute Gasteiger partial charge is 0.303 e. The van der Waals surface area contributed by atoms with Gasteiger partial charge in [0, 0.05) is 0 Å². The number of nitrogens with one attached hydrogen (secondary N) is 1. The first-order chi connectivity index (χ1) is 5.70. The number of carbonyl (C=O) groups is 2. The van der Waals surface area contributed by atoms with Crippen molar-refractivity contribution in [2.45, 2.75) is 0 Å². The monoisotopic (exact) mass is 275 g/mol. The summed E-state index contributed by atoms with van der Waals surface area (Å²) >= 11 is 1.89. The minimum Gasteiger partial charge on any atom is -0.303 e. The zero-order chi connectivity index (χ0) is 8.72. The predicted molar refractivity (Wildman–Crippen MR) is 47.7 cm³/mol. The van der Waals surface area contributed by atoms with Crippen LogP contribution >= 0.6 is 22.6 Å². The minimum atomic E-state index is -0.636. The summed E-state index contributed by atoms with van der Waals surface area (Å²) in [6, 6.07) is 0. The molecule has 12 heavy (non-hydrogen) atoms. The lowest BCUT2D eigenvalue weighted by molar-refractivity contribution is -0.112. The van der Waals surface area contributed by atoms with Crippen LogP contribution in [0.5, 0.6) is 0 Å². The number of aromatic nitrogens is 2. The average Bonchev–Trinajstić information content (AvgIpc) is 2.29. The van der Waals surface area contributed by atoms with E-state index in [-0.39, 0.29) is 5.56 Å². The lowest BCUT2D eigenvalue weighted by atomic mass is 10.2. The SMILES string of the molecule is O=C1Nc2ncnc(I)c2C1=O. The number of halogens is 1. The topological polar surface area (TPSA) is 72.0 Å². The van der Waals surface area contributed by atoms with E-state index in [2.05, 4.69) is 15.3 Å². The molecule has 1 aromatic rings. The second-order valence-corrected chi connectivity index (χ2v) is 3.19. The van der Waals surface area contributed by atoms with Crippen LogP contribution in [0.25, 0.3) is 0 Å². The third kappa shape index (κ3) is 0.909. The number of amides is 1. The van der Waals surface area contributed by atoms with Gasteiger partial charge in [0.15, 0.2) is 0 Å². The van der Waals surface area contributed by atoms with Crippen LogP contribution in [0.2, 0.25) is 0 Å². The number of hydrogen-bond donors (Lipinski definition) is 1. The molecule has 1 aliphatic rings. The van der Waals surface area contributed by atoms with Gasteiger partial charge in [-0.3, -0.25) is 9.59 Å². The maximum absolute atomic E-state index is 11.1. The first kappa shape index (κ1) is 7.59. The molecule has 0 saturated carbocycles. The van der Waals surface area contributed by atoms with Crippen molar-refractivity contribution in [1.29, 1.82) is 0 Å². The lowest BCUT2D eigenvalue weighted by Gasteiger charge is -1.94. The molecule has 5 nitrogen and oxygen atoms in total. The van der Waals surface area contributed by atoms with Gasteiger partial charge < -0.3 is 5.32 Å². The van der Waals surface area contributed by atoms with E-state index in [0.29, 0.717) is 9.52 Å². The van der Waals surface area contributed by atoms with E-state index in [1.165, 1.54) is 6.33 Å². The van der Waals surface area contributed by atoms with Crippen LogP contribution in [0, 0.1) is 3.70 Å².